The lowest BCUT2D eigenvalue weighted by molar-refractivity contribution is 0.446. The van der Waals surface area contributed by atoms with Gasteiger partial charge in [-0.2, -0.15) is 0 Å². The maximum Gasteiger partial charge on any atom is 0.123 e. The fourth-order valence-electron chi connectivity index (χ4n) is 3.17. The summed E-state index contributed by atoms with van der Waals surface area (Å²) in [5.74, 6) is 0.936. The molecule has 1 aliphatic carbocycles. The summed E-state index contributed by atoms with van der Waals surface area (Å²) in [6.45, 7) is 0. The molecule has 0 bridgehead atoms. The molecule has 2 nitrogen and oxygen atoms in total. The van der Waals surface area contributed by atoms with Gasteiger partial charge in [0.05, 0.1) is 0 Å². The van der Waals surface area contributed by atoms with Crippen LogP contribution in [0.2, 0.25) is 0 Å². The average molecular weight is 241 g/mol. The highest BCUT2D eigenvalue weighted by molar-refractivity contribution is 5.91. The van der Waals surface area contributed by atoms with E-state index in [2.05, 4.69) is 6.07 Å². The van der Waals surface area contributed by atoms with E-state index < -0.39 is 0 Å². The fourth-order valence-corrected chi connectivity index (χ4v) is 3.17. The Morgan fingerprint density at radius 2 is 1.67 bits per heavy atom. The van der Waals surface area contributed by atoms with Crippen molar-refractivity contribution in [1.82, 2.24) is 0 Å². The van der Waals surface area contributed by atoms with E-state index in [0.717, 1.165) is 10.8 Å². The molecule has 0 spiro atoms. The van der Waals surface area contributed by atoms with E-state index in [0.29, 0.717) is 11.7 Å². The van der Waals surface area contributed by atoms with Crippen LogP contribution >= 0.6 is 0 Å². The summed E-state index contributed by atoms with van der Waals surface area (Å²) in [6, 6.07) is 11.8. The van der Waals surface area contributed by atoms with Crippen molar-refractivity contribution in [3.63, 3.8) is 0 Å². The van der Waals surface area contributed by atoms with Crippen molar-refractivity contribution in [1.29, 1.82) is 0 Å². The molecule has 0 radical (unpaired) electrons. The molecule has 2 aromatic carbocycles. The number of nitrogens with two attached hydrogens (primary N) is 1. The standard InChI is InChI=1S/C16H19NO/c17-16(11-5-1-2-6-11)14-9-10-15(18)13-8-4-3-7-12(13)14/h3-4,7-11,16,18H,1-2,5-6,17H2/t16-/m1/s1. The van der Waals surface area contributed by atoms with Crippen molar-refractivity contribution in [2.45, 2.75) is 31.7 Å². The fraction of sp³-hybridized carbons (Fsp3) is 0.375. The highest BCUT2D eigenvalue weighted by atomic mass is 16.3. The minimum absolute atomic E-state index is 0.0954. The Balaban J connectivity index is 2.08. The van der Waals surface area contributed by atoms with Crippen LogP contribution in [-0.4, -0.2) is 5.11 Å². The van der Waals surface area contributed by atoms with Gasteiger partial charge in [0.15, 0.2) is 0 Å². The molecule has 0 saturated heterocycles. The van der Waals surface area contributed by atoms with Gasteiger partial charge in [0.25, 0.3) is 0 Å². The first-order chi connectivity index (χ1) is 8.77. The number of benzene rings is 2. The Morgan fingerprint density at radius 3 is 2.39 bits per heavy atom. The van der Waals surface area contributed by atoms with Crippen LogP contribution in [0.1, 0.15) is 37.3 Å². The van der Waals surface area contributed by atoms with Gasteiger partial charge in [0.1, 0.15) is 5.75 Å². The molecule has 0 amide bonds. The normalized spacial score (nSPS) is 18.3. The summed E-state index contributed by atoms with van der Waals surface area (Å²) >= 11 is 0. The third kappa shape index (κ3) is 1.87. The van der Waals surface area contributed by atoms with Gasteiger partial charge in [0.2, 0.25) is 0 Å². The maximum atomic E-state index is 9.90. The zero-order valence-corrected chi connectivity index (χ0v) is 10.5. The van der Waals surface area contributed by atoms with E-state index in [4.69, 9.17) is 5.73 Å². The van der Waals surface area contributed by atoms with Crippen LogP contribution in [0.25, 0.3) is 10.8 Å². The monoisotopic (exact) mass is 241 g/mol. The smallest absolute Gasteiger partial charge is 0.123 e. The van der Waals surface area contributed by atoms with E-state index in [1.54, 1.807) is 6.07 Å². The highest BCUT2D eigenvalue weighted by Crippen LogP contribution is 2.38. The van der Waals surface area contributed by atoms with Crippen molar-refractivity contribution < 1.29 is 5.11 Å². The lowest BCUT2D eigenvalue weighted by atomic mass is 9.89. The second-order valence-electron chi connectivity index (χ2n) is 5.29. The topological polar surface area (TPSA) is 46.2 Å². The Hall–Kier alpha value is -1.54. The number of hydrogen-bond acceptors (Lipinski definition) is 2. The van der Waals surface area contributed by atoms with Gasteiger partial charge >= 0.3 is 0 Å². The first-order valence-electron chi connectivity index (χ1n) is 6.73. The van der Waals surface area contributed by atoms with Crippen LogP contribution < -0.4 is 5.73 Å². The van der Waals surface area contributed by atoms with E-state index in [1.165, 1.54) is 31.2 Å². The Morgan fingerprint density at radius 1 is 1.00 bits per heavy atom. The molecular weight excluding hydrogens is 222 g/mol. The molecule has 0 aromatic heterocycles. The van der Waals surface area contributed by atoms with Crippen LogP contribution in [0.4, 0.5) is 0 Å². The van der Waals surface area contributed by atoms with E-state index in [9.17, 15) is 5.11 Å². The van der Waals surface area contributed by atoms with Crippen molar-refractivity contribution in [3.8, 4) is 5.75 Å². The van der Waals surface area contributed by atoms with Crippen molar-refractivity contribution >= 4 is 10.8 Å². The predicted molar refractivity (Wildman–Crippen MR) is 74.5 cm³/mol. The molecule has 1 fully saturated rings. The Kier molecular flexibility index (Phi) is 2.96. The second kappa shape index (κ2) is 4.62. The molecular formula is C16H19NO. The second-order valence-corrected chi connectivity index (χ2v) is 5.29. The zero-order valence-electron chi connectivity index (χ0n) is 10.5. The molecule has 1 saturated carbocycles. The number of fused-ring (bicyclic) bond motifs is 1. The summed E-state index contributed by atoms with van der Waals surface area (Å²) in [5, 5.41) is 11.9. The molecule has 1 aliphatic rings. The summed E-state index contributed by atoms with van der Waals surface area (Å²) in [7, 11) is 0. The van der Waals surface area contributed by atoms with Crippen LogP contribution in [0, 0.1) is 5.92 Å². The summed E-state index contributed by atoms with van der Waals surface area (Å²) in [5.41, 5.74) is 7.61. The first-order valence-corrected chi connectivity index (χ1v) is 6.73. The van der Waals surface area contributed by atoms with Gasteiger partial charge in [-0.05, 0) is 35.8 Å². The molecule has 3 N–H and O–H groups in total. The van der Waals surface area contributed by atoms with E-state index in [1.807, 2.05) is 24.3 Å². The molecule has 0 unspecified atom stereocenters. The van der Waals surface area contributed by atoms with Crippen LogP contribution in [0.5, 0.6) is 5.75 Å². The van der Waals surface area contributed by atoms with Gasteiger partial charge < -0.3 is 10.8 Å². The van der Waals surface area contributed by atoms with Crippen molar-refractivity contribution in [3.05, 3.63) is 42.0 Å². The van der Waals surface area contributed by atoms with Gasteiger partial charge in [-0.15, -0.1) is 0 Å². The number of aromatic hydroxyl groups is 1. The summed E-state index contributed by atoms with van der Waals surface area (Å²) in [6.07, 6.45) is 5.06. The van der Waals surface area contributed by atoms with Crippen LogP contribution in [-0.2, 0) is 0 Å². The quantitative estimate of drug-likeness (QED) is 0.841. The number of rotatable bonds is 2. The van der Waals surface area contributed by atoms with E-state index in [-0.39, 0.29) is 6.04 Å². The Bertz CT molecular complexity index is 558. The van der Waals surface area contributed by atoms with E-state index >= 15 is 0 Å². The average Bonchev–Trinajstić information content (AvgIpc) is 2.93. The van der Waals surface area contributed by atoms with Crippen molar-refractivity contribution in [2.75, 3.05) is 0 Å². The predicted octanol–water partition coefficient (Wildman–Crippen LogP) is 3.74. The SMILES string of the molecule is N[C@@H](c1ccc(O)c2ccccc12)C1CCCC1. The molecule has 94 valence electrons. The van der Waals surface area contributed by atoms with Crippen molar-refractivity contribution in [2.24, 2.45) is 11.7 Å². The zero-order chi connectivity index (χ0) is 12.5. The van der Waals surface area contributed by atoms with Gasteiger partial charge in [-0.3, -0.25) is 0 Å². The third-order valence-electron chi connectivity index (χ3n) is 4.20. The summed E-state index contributed by atoms with van der Waals surface area (Å²) < 4.78 is 0. The summed E-state index contributed by atoms with van der Waals surface area (Å²) in [4.78, 5) is 0. The van der Waals surface area contributed by atoms with Crippen LogP contribution in [0.15, 0.2) is 36.4 Å². The molecule has 3 rings (SSSR count). The first kappa shape index (κ1) is 11.5. The minimum atomic E-state index is 0.0954. The molecule has 2 aromatic rings. The third-order valence-corrected chi connectivity index (χ3v) is 4.20. The van der Waals surface area contributed by atoms with Gasteiger partial charge in [0, 0.05) is 11.4 Å². The molecule has 0 heterocycles. The number of hydrogen-bond donors (Lipinski definition) is 2. The maximum absolute atomic E-state index is 9.90. The number of phenols is 1. The highest BCUT2D eigenvalue weighted by Gasteiger charge is 2.24. The lowest BCUT2D eigenvalue weighted by Gasteiger charge is -2.21. The van der Waals surface area contributed by atoms with Gasteiger partial charge in [-0.25, -0.2) is 0 Å². The molecule has 18 heavy (non-hydrogen) atoms. The molecule has 1 atom stereocenters. The van der Waals surface area contributed by atoms with Crippen LogP contribution in [0.3, 0.4) is 0 Å². The number of phenolic OH excluding ortho intramolecular Hbond substituents is 1. The minimum Gasteiger partial charge on any atom is -0.507 e. The largest absolute Gasteiger partial charge is 0.507 e. The molecule has 2 heteroatoms. The molecule has 0 aliphatic heterocycles. The Labute approximate surface area is 107 Å². The van der Waals surface area contributed by atoms with Gasteiger partial charge in [-0.1, -0.05) is 43.2 Å². The lowest BCUT2D eigenvalue weighted by Crippen LogP contribution is -2.19.